The van der Waals surface area contributed by atoms with Crippen molar-refractivity contribution >= 4 is 17.5 Å². The number of piperazine rings is 1. The van der Waals surface area contributed by atoms with Crippen LogP contribution in [0.4, 0.5) is 38.3 Å². The van der Waals surface area contributed by atoms with E-state index in [4.69, 9.17) is 0 Å². The van der Waals surface area contributed by atoms with Gasteiger partial charge in [-0.25, -0.2) is 23.5 Å². The zero-order chi connectivity index (χ0) is 28.3. The largest absolute Gasteiger partial charge is 0.419 e. The van der Waals surface area contributed by atoms with Gasteiger partial charge in [0.05, 0.1) is 17.3 Å². The number of rotatable bonds is 5. The Hall–Kier alpha value is -4.31. The van der Waals surface area contributed by atoms with Gasteiger partial charge in [-0.2, -0.15) is 13.2 Å². The second-order valence-electron chi connectivity index (χ2n) is 9.35. The highest BCUT2D eigenvalue weighted by Gasteiger charge is 2.39. The molecule has 0 radical (unpaired) electrons. The molecule has 1 fully saturated rings. The Bertz CT molecular complexity index is 1390. The van der Waals surface area contributed by atoms with Crippen LogP contribution in [0.25, 0.3) is 0 Å². The molecule has 1 saturated heterocycles. The molecule has 5 rings (SSSR count). The number of pyridine rings is 1. The van der Waals surface area contributed by atoms with Crippen LogP contribution in [0.5, 0.6) is 0 Å². The molecular formula is C30H25F5N4O. The minimum absolute atomic E-state index is 0.218. The van der Waals surface area contributed by atoms with E-state index < -0.39 is 23.6 Å². The Morgan fingerprint density at radius 2 is 1.30 bits per heavy atom. The maximum absolute atomic E-state index is 13.9. The lowest BCUT2D eigenvalue weighted by Crippen LogP contribution is -2.53. The molecule has 0 bridgehead atoms. The Labute approximate surface area is 228 Å². The molecule has 0 spiro atoms. The fourth-order valence-electron chi connectivity index (χ4n) is 4.91. The fourth-order valence-corrected chi connectivity index (χ4v) is 4.91. The third kappa shape index (κ3) is 5.81. The van der Waals surface area contributed by atoms with Gasteiger partial charge in [0.25, 0.3) is 0 Å². The van der Waals surface area contributed by atoms with Crippen LogP contribution in [0.2, 0.25) is 0 Å². The molecule has 10 heteroatoms. The fraction of sp³-hybridized carbons (Fsp3) is 0.200. The Kier molecular flexibility index (Phi) is 7.79. The maximum atomic E-state index is 13.9. The van der Waals surface area contributed by atoms with Crippen LogP contribution in [-0.4, -0.2) is 47.0 Å². The molecule has 1 aromatic heterocycles. The Balaban J connectivity index is 1.42. The summed E-state index contributed by atoms with van der Waals surface area (Å²) in [4.78, 5) is 22.3. The molecule has 1 aliphatic heterocycles. The van der Waals surface area contributed by atoms with Crippen molar-refractivity contribution in [3.8, 4) is 0 Å². The molecule has 0 atom stereocenters. The molecule has 0 N–H and O–H groups in total. The maximum Gasteiger partial charge on any atom is 0.419 e. The van der Waals surface area contributed by atoms with Crippen LogP contribution >= 0.6 is 0 Å². The first-order valence-corrected chi connectivity index (χ1v) is 12.6. The first kappa shape index (κ1) is 27.3. The number of anilines is 2. The van der Waals surface area contributed by atoms with E-state index >= 15 is 0 Å². The highest BCUT2D eigenvalue weighted by Crippen LogP contribution is 2.38. The zero-order valence-electron chi connectivity index (χ0n) is 21.2. The summed E-state index contributed by atoms with van der Waals surface area (Å²) in [7, 11) is 0. The van der Waals surface area contributed by atoms with E-state index in [1.54, 1.807) is 54.6 Å². The van der Waals surface area contributed by atoms with Gasteiger partial charge in [0.15, 0.2) is 5.82 Å². The summed E-state index contributed by atoms with van der Waals surface area (Å²) in [5, 5.41) is 0. The quantitative estimate of drug-likeness (QED) is 0.249. The van der Waals surface area contributed by atoms with Crippen molar-refractivity contribution in [2.45, 2.75) is 12.2 Å². The number of alkyl halides is 3. The van der Waals surface area contributed by atoms with Crippen molar-refractivity contribution in [2.24, 2.45) is 0 Å². The number of carbonyl (C=O) groups is 1. The molecule has 0 unspecified atom stereocenters. The third-order valence-electron chi connectivity index (χ3n) is 6.83. The van der Waals surface area contributed by atoms with Crippen LogP contribution in [0.3, 0.4) is 0 Å². The van der Waals surface area contributed by atoms with Crippen molar-refractivity contribution < 1.29 is 26.7 Å². The first-order chi connectivity index (χ1) is 19.2. The van der Waals surface area contributed by atoms with Crippen molar-refractivity contribution in [1.82, 2.24) is 14.8 Å². The predicted molar refractivity (Wildman–Crippen MR) is 141 cm³/mol. The minimum Gasteiger partial charge on any atom is -0.321 e. The van der Waals surface area contributed by atoms with Crippen molar-refractivity contribution in [3.05, 3.63) is 126 Å². The van der Waals surface area contributed by atoms with E-state index in [0.29, 0.717) is 13.1 Å². The highest BCUT2D eigenvalue weighted by molar-refractivity contribution is 5.99. The predicted octanol–water partition coefficient (Wildman–Crippen LogP) is 7.04. The summed E-state index contributed by atoms with van der Waals surface area (Å²) in [5.74, 6) is -1.26. The van der Waals surface area contributed by atoms with Crippen LogP contribution < -0.4 is 4.90 Å². The molecular weight excluding hydrogens is 527 g/mol. The van der Waals surface area contributed by atoms with Crippen molar-refractivity contribution in [1.29, 1.82) is 0 Å². The number of benzene rings is 3. The number of urea groups is 1. The first-order valence-electron chi connectivity index (χ1n) is 12.6. The van der Waals surface area contributed by atoms with Gasteiger partial charge in [-0.1, -0.05) is 42.5 Å². The average molecular weight is 553 g/mol. The van der Waals surface area contributed by atoms with E-state index in [0.717, 1.165) is 22.1 Å². The van der Waals surface area contributed by atoms with Gasteiger partial charge in [-0.05, 0) is 59.7 Å². The highest BCUT2D eigenvalue weighted by atomic mass is 19.4. The standard InChI is InChI=1S/C30H25F5N4O/c31-23-12-8-21(9-13-23)27(22-10-14-24(32)15-11-22)37-17-19-38(20-18-37)29(40)39(25-5-2-1-3-6-25)28-26(30(33,34)35)7-4-16-36-28/h1-16,27H,17-20H2. The summed E-state index contributed by atoms with van der Waals surface area (Å²) < 4.78 is 69.0. The van der Waals surface area contributed by atoms with Crippen molar-refractivity contribution in [3.63, 3.8) is 0 Å². The van der Waals surface area contributed by atoms with Gasteiger partial charge in [0.1, 0.15) is 11.6 Å². The second-order valence-corrected chi connectivity index (χ2v) is 9.35. The summed E-state index contributed by atoms with van der Waals surface area (Å²) >= 11 is 0. The molecule has 206 valence electrons. The van der Waals surface area contributed by atoms with Gasteiger partial charge < -0.3 is 4.90 Å². The molecule has 4 aromatic rings. The van der Waals surface area contributed by atoms with E-state index in [2.05, 4.69) is 9.88 Å². The Morgan fingerprint density at radius 1 is 0.750 bits per heavy atom. The molecule has 1 aliphatic rings. The van der Waals surface area contributed by atoms with Gasteiger partial charge in [-0.3, -0.25) is 4.90 Å². The molecule has 0 aliphatic carbocycles. The van der Waals surface area contributed by atoms with Gasteiger partial charge in [-0.15, -0.1) is 0 Å². The molecule has 0 saturated carbocycles. The molecule has 2 heterocycles. The number of amides is 2. The summed E-state index contributed by atoms with van der Waals surface area (Å²) in [5.41, 5.74) is 0.831. The lowest BCUT2D eigenvalue weighted by Gasteiger charge is -2.41. The number of hydrogen-bond acceptors (Lipinski definition) is 3. The number of para-hydroxylation sites is 1. The second kappa shape index (κ2) is 11.4. The van der Waals surface area contributed by atoms with Crippen LogP contribution in [0.15, 0.2) is 97.2 Å². The molecule has 2 amide bonds. The minimum atomic E-state index is -4.72. The smallest absolute Gasteiger partial charge is 0.321 e. The number of hydrogen-bond donors (Lipinski definition) is 0. The van der Waals surface area contributed by atoms with Gasteiger partial charge in [0, 0.05) is 32.4 Å². The van der Waals surface area contributed by atoms with Crippen LogP contribution in [0, 0.1) is 11.6 Å². The Morgan fingerprint density at radius 3 is 1.82 bits per heavy atom. The molecule has 5 nitrogen and oxygen atoms in total. The van der Waals surface area contributed by atoms with E-state index in [9.17, 15) is 26.7 Å². The number of nitrogens with zero attached hydrogens (tertiary/aromatic N) is 4. The van der Waals surface area contributed by atoms with E-state index in [1.165, 1.54) is 41.4 Å². The van der Waals surface area contributed by atoms with Gasteiger partial charge >= 0.3 is 12.2 Å². The lowest BCUT2D eigenvalue weighted by atomic mass is 9.96. The molecule has 40 heavy (non-hydrogen) atoms. The lowest BCUT2D eigenvalue weighted by molar-refractivity contribution is -0.137. The van der Waals surface area contributed by atoms with Crippen molar-refractivity contribution in [2.75, 3.05) is 31.1 Å². The van der Waals surface area contributed by atoms with Crippen LogP contribution in [-0.2, 0) is 6.18 Å². The molecule has 3 aromatic carbocycles. The summed E-state index contributed by atoms with van der Waals surface area (Å²) in [6, 6.07) is 21.3. The van der Waals surface area contributed by atoms with Crippen LogP contribution in [0.1, 0.15) is 22.7 Å². The monoisotopic (exact) mass is 552 g/mol. The topological polar surface area (TPSA) is 39.7 Å². The SMILES string of the molecule is O=C(N1CCN(C(c2ccc(F)cc2)c2ccc(F)cc2)CC1)N(c1ccccc1)c1ncccc1C(F)(F)F. The summed E-state index contributed by atoms with van der Waals surface area (Å²) in [6.45, 7) is 1.19. The van der Waals surface area contributed by atoms with E-state index in [1.807, 2.05) is 0 Å². The number of halogens is 5. The number of aromatic nitrogens is 1. The number of carbonyl (C=O) groups excluding carboxylic acids is 1. The van der Waals surface area contributed by atoms with E-state index in [-0.39, 0.29) is 36.5 Å². The normalized spacial score (nSPS) is 14.4. The third-order valence-corrected chi connectivity index (χ3v) is 6.83. The summed E-state index contributed by atoms with van der Waals surface area (Å²) in [6.07, 6.45) is -3.49. The zero-order valence-corrected chi connectivity index (χ0v) is 21.2. The average Bonchev–Trinajstić information content (AvgIpc) is 2.96. The van der Waals surface area contributed by atoms with Gasteiger partial charge in [0.2, 0.25) is 0 Å².